The van der Waals surface area contributed by atoms with Gasteiger partial charge in [-0.1, -0.05) is 32.9 Å². The molecule has 8 heteroatoms. The van der Waals surface area contributed by atoms with Gasteiger partial charge >= 0.3 is 5.97 Å². The smallest absolute Gasteiger partial charge is 0.303 e. The third-order valence-corrected chi connectivity index (χ3v) is 8.31. The molecular weight excluding hydrogens is 390 g/mol. The van der Waals surface area contributed by atoms with Gasteiger partial charge in [-0.05, 0) is 18.1 Å². The fourth-order valence-electron chi connectivity index (χ4n) is 6.91. The summed E-state index contributed by atoms with van der Waals surface area (Å²) in [7, 11) is 0. The molecule has 0 amide bonds. The molecule has 0 bridgehead atoms. The van der Waals surface area contributed by atoms with E-state index in [0.717, 1.165) is 0 Å². The molecule has 4 aliphatic carbocycles. The number of ether oxygens (including phenoxy) is 1. The van der Waals surface area contributed by atoms with Crippen LogP contribution < -0.4 is 6.15 Å². The number of fused-ring (bicyclic) bond motifs is 5. The molecule has 2 saturated carbocycles. The maximum absolute atomic E-state index is 12.8. The van der Waals surface area contributed by atoms with Gasteiger partial charge in [0.05, 0.1) is 18.3 Å². The first kappa shape index (κ1) is 23.1. The Kier molecular flexibility index (Phi) is 4.97. The maximum Gasteiger partial charge on any atom is 0.303 e. The van der Waals surface area contributed by atoms with E-state index in [4.69, 9.17) is 4.74 Å². The highest BCUT2D eigenvalue weighted by molar-refractivity contribution is 6.04. The lowest BCUT2D eigenvalue weighted by Crippen LogP contribution is -2.65. The van der Waals surface area contributed by atoms with Gasteiger partial charge in [-0.2, -0.15) is 0 Å². The van der Waals surface area contributed by atoms with E-state index in [0.29, 0.717) is 11.1 Å². The first-order valence-electron chi connectivity index (χ1n) is 10.2. The van der Waals surface area contributed by atoms with Crippen molar-refractivity contribution < 1.29 is 34.8 Å². The van der Waals surface area contributed by atoms with Crippen molar-refractivity contribution in [3.63, 3.8) is 0 Å². The summed E-state index contributed by atoms with van der Waals surface area (Å²) in [6.07, 6.45) is 2.06. The van der Waals surface area contributed by atoms with Crippen molar-refractivity contribution in [1.29, 1.82) is 0 Å². The van der Waals surface area contributed by atoms with Crippen LogP contribution in [0.25, 0.3) is 0 Å². The van der Waals surface area contributed by atoms with Gasteiger partial charge in [-0.25, -0.2) is 0 Å². The monoisotopic (exact) mass is 423 g/mol. The molecule has 0 aromatic heterocycles. The molecule has 0 aromatic carbocycles. The van der Waals surface area contributed by atoms with Crippen LogP contribution in [0, 0.1) is 29.1 Å². The van der Waals surface area contributed by atoms with Crippen LogP contribution in [0.5, 0.6) is 0 Å². The van der Waals surface area contributed by atoms with Gasteiger partial charge in [0, 0.05) is 42.4 Å². The number of Topliss-reactive ketones (excluding diaryl/α,β-unsaturated/α-hetero) is 1. The van der Waals surface area contributed by atoms with Gasteiger partial charge in [0.25, 0.3) is 0 Å². The summed E-state index contributed by atoms with van der Waals surface area (Å²) >= 11 is 0. The summed E-state index contributed by atoms with van der Waals surface area (Å²) in [5.41, 5.74) is -4.52. The number of esters is 1. The minimum absolute atomic E-state index is 0. The van der Waals surface area contributed by atoms with Crippen LogP contribution >= 0.6 is 0 Å². The van der Waals surface area contributed by atoms with E-state index in [1.165, 1.54) is 6.92 Å². The molecule has 0 radical (unpaired) electrons. The number of carbonyl (C=O) groups is 2. The Balaban J connectivity index is 0.00000256. The predicted octanol–water partition coefficient (Wildman–Crippen LogP) is 0.663. The van der Waals surface area contributed by atoms with Crippen molar-refractivity contribution in [3.05, 3.63) is 23.3 Å². The fraction of sp³-hybridized carbons (Fsp3) is 0.727. The standard InChI is InChI=1S/C22H30O7.H3N/c1-10-6-15-20(27,17(10)25)8-13(9-23)7-14-16-19(4,5)22(16,29-12(3)24)18(26)11(2)21(14,15)28;/h6-7,11,14-16,18,23,26-28H,8-9H2,1-5H3;1H3/t11-,14+,15-,16-,18-,20-,21-,22-;/m1./s1. The van der Waals surface area contributed by atoms with E-state index >= 15 is 0 Å². The van der Waals surface area contributed by atoms with Crippen LogP contribution in [0.2, 0.25) is 0 Å². The zero-order valence-corrected chi connectivity index (χ0v) is 18.2. The molecule has 0 heterocycles. The lowest BCUT2D eigenvalue weighted by Gasteiger charge is -2.52. The van der Waals surface area contributed by atoms with Gasteiger partial charge < -0.3 is 31.3 Å². The molecule has 7 N–H and O–H groups in total. The quantitative estimate of drug-likeness (QED) is 0.320. The number of aliphatic hydroxyl groups excluding tert-OH is 2. The molecule has 0 saturated heterocycles. The summed E-state index contributed by atoms with van der Waals surface area (Å²) in [6, 6.07) is 0. The van der Waals surface area contributed by atoms with Gasteiger partial charge in [0.1, 0.15) is 11.2 Å². The zero-order valence-electron chi connectivity index (χ0n) is 18.2. The Morgan fingerprint density at radius 1 is 1.27 bits per heavy atom. The third kappa shape index (κ3) is 2.34. The fourth-order valence-corrected chi connectivity index (χ4v) is 6.91. The third-order valence-electron chi connectivity index (χ3n) is 8.31. The molecule has 0 unspecified atom stereocenters. The molecule has 30 heavy (non-hydrogen) atoms. The molecule has 4 aliphatic rings. The zero-order chi connectivity index (χ0) is 21.7. The van der Waals surface area contributed by atoms with Gasteiger partial charge in [-0.3, -0.25) is 9.59 Å². The molecule has 0 aliphatic heterocycles. The molecule has 0 spiro atoms. The van der Waals surface area contributed by atoms with Crippen molar-refractivity contribution in [2.45, 2.75) is 63.9 Å². The predicted molar refractivity (Wildman–Crippen MR) is 107 cm³/mol. The Labute approximate surface area is 176 Å². The number of hydrogen-bond acceptors (Lipinski definition) is 8. The van der Waals surface area contributed by atoms with Crippen molar-refractivity contribution >= 4 is 11.8 Å². The first-order chi connectivity index (χ1) is 13.3. The topological polar surface area (TPSA) is 159 Å². The van der Waals surface area contributed by atoms with E-state index < -0.39 is 63.7 Å². The van der Waals surface area contributed by atoms with Crippen LogP contribution in [0.4, 0.5) is 0 Å². The Morgan fingerprint density at radius 3 is 2.40 bits per heavy atom. The molecule has 168 valence electrons. The molecular formula is C22H33NO7. The van der Waals surface area contributed by atoms with Gasteiger partial charge in [0.15, 0.2) is 5.78 Å². The lowest BCUT2D eigenvalue weighted by atomic mass is 9.59. The summed E-state index contributed by atoms with van der Waals surface area (Å²) < 4.78 is 5.70. The van der Waals surface area contributed by atoms with E-state index in [2.05, 4.69) is 0 Å². The van der Waals surface area contributed by atoms with Crippen molar-refractivity contribution in [2.75, 3.05) is 6.61 Å². The van der Waals surface area contributed by atoms with Crippen LogP contribution in [-0.4, -0.2) is 61.7 Å². The first-order valence-corrected chi connectivity index (χ1v) is 10.2. The summed E-state index contributed by atoms with van der Waals surface area (Å²) in [5, 5.41) is 44.7. The van der Waals surface area contributed by atoms with Gasteiger partial charge in [0.2, 0.25) is 0 Å². The van der Waals surface area contributed by atoms with Crippen LogP contribution in [0.1, 0.15) is 41.0 Å². The Morgan fingerprint density at radius 2 is 1.87 bits per heavy atom. The Hall–Kier alpha value is -1.58. The minimum Gasteiger partial charge on any atom is -0.456 e. The summed E-state index contributed by atoms with van der Waals surface area (Å²) in [4.78, 5) is 24.7. The average molecular weight is 424 g/mol. The second-order valence-electron chi connectivity index (χ2n) is 9.97. The SMILES string of the molecule is CC(=O)O[C@@]12[C@H](O)[C@@H](C)[C@@]3(O)[C@@H](C=C(CO)C[C@]4(O)C(=O)C(C)=C[C@@H]34)[C@@H]1C2(C)C.N. The maximum atomic E-state index is 12.8. The number of rotatable bonds is 2. The summed E-state index contributed by atoms with van der Waals surface area (Å²) in [6.45, 7) is 7.96. The van der Waals surface area contributed by atoms with Crippen LogP contribution in [-0.2, 0) is 14.3 Å². The van der Waals surface area contributed by atoms with E-state index in [-0.39, 0.29) is 19.2 Å². The van der Waals surface area contributed by atoms with Crippen molar-refractivity contribution in [1.82, 2.24) is 6.15 Å². The van der Waals surface area contributed by atoms with Crippen molar-refractivity contribution in [3.8, 4) is 0 Å². The second-order valence-corrected chi connectivity index (χ2v) is 9.97. The lowest BCUT2D eigenvalue weighted by molar-refractivity contribution is -0.218. The highest BCUT2D eigenvalue weighted by atomic mass is 16.6. The second kappa shape index (κ2) is 6.46. The minimum atomic E-state index is -1.88. The van der Waals surface area contributed by atoms with Crippen molar-refractivity contribution in [2.24, 2.45) is 29.1 Å². The Bertz CT molecular complexity index is 864. The summed E-state index contributed by atoms with van der Waals surface area (Å²) in [5.74, 6) is -3.77. The van der Waals surface area contributed by atoms with Crippen LogP contribution in [0.15, 0.2) is 23.3 Å². The number of aliphatic hydroxyl groups is 4. The van der Waals surface area contributed by atoms with Crippen LogP contribution in [0.3, 0.4) is 0 Å². The van der Waals surface area contributed by atoms with Gasteiger partial charge in [-0.15, -0.1) is 0 Å². The van der Waals surface area contributed by atoms with E-state index in [1.807, 2.05) is 13.8 Å². The molecule has 0 aromatic rings. The number of ketones is 1. The molecule has 4 rings (SSSR count). The molecule has 8 atom stereocenters. The molecule has 2 fully saturated rings. The van der Waals surface area contributed by atoms with E-state index in [1.54, 1.807) is 26.0 Å². The normalized spacial score (nSPS) is 48.2. The number of carbonyl (C=O) groups excluding carboxylic acids is 2. The highest BCUT2D eigenvalue weighted by Crippen LogP contribution is 2.76. The van der Waals surface area contributed by atoms with E-state index in [9.17, 15) is 30.0 Å². The largest absolute Gasteiger partial charge is 0.456 e. The number of hydrogen-bond donors (Lipinski definition) is 5. The average Bonchev–Trinajstić information content (AvgIpc) is 3.06. The molecule has 8 nitrogen and oxygen atoms in total. The highest BCUT2D eigenvalue weighted by Gasteiger charge is 2.86.